The molecule has 0 atom stereocenters. The van der Waals surface area contributed by atoms with Gasteiger partial charge in [0.05, 0.1) is 29.1 Å². The monoisotopic (exact) mass is 363 g/mol. The number of nitrogens with zero attached hydrogens (tertiary/aromatic N) is 1. The van der Waals surface area contributed by atoms with Gasteiger partial charge >= 0.3 is 12.1 Å². The van der Waals surface area contributed by atoms with E-state index in [1.54, 1.807) is 0 Å². The lowest BCUT2D eigenvalue weighted by Gasteiger charge is -2.13. The number of nitrogens with two attached hydrogens (primary N) is 2. The van der Waals surface area contributed by atoms with Gasteiger partial charge in [0.1, 0.15) is 5.82 Å². The summed E-state index contributed by atoms with van der Waals surface area (Å²) in [6.45, 7) is 0. The number of carbonyl (C=O) groups is 1. The molecular weight excluding hydrogens is 354 g/mol. The lowest BCUT2D eigenvalue weighted by molar-refractivity contribution is -0.139. The van der Waals surface area contributed by atoms with Crippen LogP contribution in [0, 0.1) is 5.82 Å². The fraction of sp³-hybridized carbons (Fsp3) is 0.143. The summed E-state index contributed by atoms with van der Waals surface area (Å²) >= 11 is 5.84. The highest BCUT2D eigenvalue weighted by Gasteiger charge is 2.35. The molecule has 1 aromatic carbocycles. The summed E-state index contributed by atoms with van der Waals surface area (Å²) in [7, 11) is 1.08. The Morgan fingerprint density at radius 3 is 2.38 bits per heavy atom. The number of hydrogen-bond acceptors (Lipinski definition) is 5. The van der Waals surface area contributed by atoms with E-state index in [1.807, 2.05) is 0 Å². The number of nitrogen functional groups attached to an aromatic ring is 2. The van der Waals surface area contributed by atoms with Crippen LogP contribution < -0.4 is 11.5 Å². The van der Waals surface area contributed by atoms with Crippen LogP contribution in [0.3, 0.4) is 0 Å². The van der Waals surface area contributed by atoms with Gasteiger partial charge in [-0.25, -0.2) is 14.2 Å². The van der Waals surface area contributed by atoms with Crippen molar-refractivity contribution in [2.24, 2.45) is 0 Å². The summed E-state index contributed by atoms with van der Waals surface area (Å²) in [5.74, 6) is -2.46. The van der Waals surface area contributed by atoms with Crippen molar-refractivity contribution in [3.05, 3.63) is 40.3 Å². The van der Waals surface area contributed by atoms with Crippen LogP contribution >= 0.6 is 11.6 Å². The maximum Gasteiger partial charge on any atom is 0.419 e. The molecule has 0 aliphatic carbocycles. The highest BCUT2D eigenvalue weighted by Crippen LogP contribution is 2.37. The van der Waals surface area contributed by atoms with Crippen LogP contribution in [0.5, 0.6) is 0 Å². The lowest BCUT2D eigenvalue weighted by atomic mass is 10.0. The molecule has 5 nitrogen and oxygen atoms in total. The molecule has 24 heavy (non-hydrogen) atoms. The molecule has 0 amide bonds. The van der Waals surface area contributed by atoms with Crippen molar-refractivity contribution in [3.63, 3.8) is 0 Å². The molecule has 0 radical (unpaired) electrons. The normalized spacial score (nSPS) is 11.4. The Bertz CT molecular complexity index is 825. The number of anilines is 2. The minimum Gasteiger partial charge on any atom is -0.464 e. The first-order valence-electron chi connectivity index (χ1n) is 6.27. The number of alkyl halides is 3. The first-order valence-corrected chi connectivity index (χ1v) is 6.65. The minimum absolute atomic E-state index is 0.0956. The Morgan fingerprint density at radius 1 is 1.21 bits per heavy atom. The quantitative estimate of drug-likeness (QED) is 0.484. The molecule has 2 rings (SSSR count). The predicted octanol–water partition coefficient (Wildman–Crippen LogP) is 3.51. The number of ether oxygens (including phenoxy) is 1. The van der Waals surface area contributed by atoms with Crippen LogP contribution in [0.25, 0.3) is 11.3 Å². The summed E-state index contributed by atoms with van der Waals surface area (Å²) < 4.78 is 56.3. The number of carbonyl (C=O) groups excluding carboxylic acids is 1. The molecule has 0 saturated carbocycles. The van der Waals surface area contributed by atoms with Crippen LogP contribution in [0.4, 0.5) is 28.9 Å². The van der Waals surface area contributed by atoms with Crippen molar-refractivity contribution in [3.8, 4) is 11.3 Å². The highest BCUT2D eigenvalue weighted by molar-refractivity contribution is 6.35. The van der Waals surface area contributed by atoms with E-state index < -0.39 is 29.2 Å². The number of hydrogen-bond donors (Lipinski definition) is 2. The SMILES string of the molecule is COC(=O)c1nc(-c2cc(F)c(C(F)(F)F)cc2N)cc(N)c1Cl. The molecule has 128 valence electrons. The van der Waals surface area contributed by atoms with Gasteiger partial charge in [-0.15, -0.1) is 0 Å². The van der Waals surface area contributed by atoms with Crippen molar-refractivity contribution in [1.82, 2.24) is 4.98 Å². The lowest BCUT2D eigenvalue weighted by Crippen LogP contribution is -2.11. The number of halogens is 5. The zero-order chi connectivity index (χ0) is 18.2. The van der Waals surface area contributed by atoms with Gasteiger partial charge in [0.2, 0.25) is 0 Å². The van der Waals surface area contributed by atoms with E-state index in [1.165, 1.54) is 0 Å². The van der Waals surface area contributed by atoms with Gasteiger partial charge in [0.15, 0.2) is 5.69 Å². The molecule has 1 aromatic heterocycles. The second-order valence-electron chi connectivity index (χ2n) is 4.67. The van der Waals surface area contributed by atoms with Crippen LogP contribution in [-0.2, 0) is 10.9 Å². The summed E-state index contributed by atoms with van der Waals surface area (Å²) in [5, 5.41) is -0.198. The molecule has 0 fully saturated rings. The first kappa shape index (κ1) is 17.8. The van der Waals surface area contributed by atoms with Crippen LogP contribution in [-0.4, -0.2) is 18.1 Å². The smallest absolute Gasteiger partial charge is 0.419 e. The minimum atomic E-state index is -4.90. The van der Waals surface area contributed by atoms with E-state index in [0.717, 1.165) is 13.2 Å². The highest BCUT2D eigenvalue weighted by atomic mass is 35.5. The molecule has 10 heteroatoms. The van der Waals surface area contributed by atoms with E-state index in [9.17, 15) is 22.4 Å². The topological polar surface area (TPSA) is 91.2 Å². The first-order chi connectivity index (χ1) is 11.1. The third-order valence-corrected chi connectivity index (χ3v) is 3.48. The fourth-order valence-corrected chi connectivity index (χ4v) is 2.12. The summed E-state index contributed by atoms with van der Waals surface area (Å²) in [6, 6.07) is 2.16. The summed E-state index contributed by atoms with van der Waals surface area (Å²) in [4.78, 5) is 15.5. The van der Waals surface area contributed by atoms with Crippen LogP contribution in [0.2, 0.25) is 5.02 Å². The third-order valence-electron chi connectivity index (χ3n) is 3.09. The van der Waals surface area contributed by atoms with E-state index in [4.69, 9.17) is 23.1 Å². The third kappa shape index (κ3) is 3.21. The van der Waals surface area contributed by atoms with Gasteiger partial charge in [-0.3, -0.25) is 0 Å². The molecule has 0 spiro atoms. The van der Waals surface area contributed by atoms with E-state index in [0.29, 0.717) is 12.1 Å². The molecule has 0 aliphatic heterocycles. The van der Waals surface area contributed by atoms with Crippen molar-refractivity contribution < 1.29 is 27.1 Å². The van der Waals surface area contributed by atoms with Crippen molar-refractivity contribution >= 4 is 28.9 Å². The van der Waals surface area contributed by atoms with Crippen LogP contribution in [0.15, 0.2) is 18.2 Å². The number of rotatable bonds is 2. The van der Waals surface area contributed by atoms with Gasteiger partial charge in [0.25, 0.3) is 0 Å². The van der Waals surface area contributed by atoms with Crippen molar-refractivity contribution in [2.45, 2.75) is 6.18 Å². The van der Waals surface area contributed by atoms with E-state index in [2.05, 4.69) is 9.72 Å². The molecule has 0 bridgehead atoms. The Morgan fingerprint density at radius 2 is 1.83 bits per heavy atom. The van der Waals surface area contributed by atoms with Gasteiger partial charge in [-0.2, -0.15) is 13.2 Å². The average Bonchev–Trinajstić information content (AvgIpc) is 2.50. The van der Waals surface area contributed by atoms with Gasteiger partial charge in [-0.1, -0.05) is 11.6 Å². The number of aromatic nitrogens is 1. The number of benzene rings is 1. The van der Waals surface area contributed by atoms with E-state index >= 15 is 0 Å². The molecule has 1 heterocycles. The maximum atomic E-state index is 13.8. The summed E-state index contributed by atoms with van der Waals surface area (Å²) in [6.07, 6.45) is -4.90. The summed E-state index contributed by atoms with van der Waals surface area (Å²) in [5.41, 5.74) is 8.55. The molecule has 0 unspecified atom stereocenters. The second kappa shape index (κ2) is 6.16. The average molecular weight is 364 g/mol. The van der Waals surface area contributed by atoms with Crippen LogP contribution in [0.1, 0.15) is 16.1 Å². The number of pyridine rings is 1. The van der Waals surface area contributed by atoms with E-state index in [-0.39, 0.29) is 27.7 Å². The Kier molecular flexibility index (Phi) is 4.57. The predicted molar refractivity (Wildman–Crippen MR) is 79.8 cm³/mol. The zero-order valence-electron chi connectivity index (χ0n) is 12.0. The Hall–Kier alpha value is -2.55. The second-order valence-corrected chi connectivity index (χ2v) is 5.05. The standard InChI is InChI=1S/C14H10ClF4N3O2/c1-24-13(23)12-11(15)9(21)4-10(22-12)5-2-7(16)6(3-8(5)20)14(17,18)19/h2-4H,20H2,1H3,(H2,21,22). The zero-order valence-corrected chi connectivity index (χ0v) is 12.8. The van der Waals surface area contributed by atoms with Crippen molar-refractivity contribution in [1.29, 1.82) is 0 Å². The maximum absolute atomic E-state index is 13.8. The fourth-order valence-electron chi connectivity index (χ4n) is 1.95. The molecular formula is C14H10ClF4N3O2. The number of methoxy groups -OCH3 is 1. The molecule has 2 aromatic rings. The largest absolute Gasteiger partial charge is 0.464 e. The molecule has 4 N–H and O–H groups in total. The Balaban J connectivity index is 2.67. The van der Waals surface area contributed by atoms with Gasteiger partial charge in [0, 0.05) is 11.3 Å². The Labute approximate surface area is 138 Å². The van der Waals surface area contributed by atoms with Crippen molar-refractivity contribution in [2.75, 3.05) is 18.6 Å². The number of esters is 1. The molecule has 0 aliphatic rings. The van der Waals surface area contributed by atoms with Gasteiger partial charge in [-0.05, 0) is 18.2 Å². The molecule has 0 saturated heterocycles. The van der Waals surface area contributed by atoms with Gasteiger partial charge < -0.3 is 16.2 Å².